The van der Waals surface area contributed by atoms with Gasteiger partial charge in [0.15, 0.2) is 0 Å². The number of aryl methyl sites for hydroxylation is 1. The molecule has 1 aromatic rings. The average molecular weight is 237 g/mol. The molecule has 0 radical (unpaired) electrons. The first-order chi connectivity index (χ1) is 7.63. The molecule has 1 rings (SSSR count). The zero-order chi connectivity index (χ0) is 12.0. The predicted octanol–water partition coefficient (Wildman–Crippen LogP) is 0.679. The highest BCUT2D eigenvalue weighted by Gasteiger charge is 2.11. The molecule has 0 aliphatic rings. The smallest absolute Gasteiger partial charge is 0.237 e. The van der Waals surface area contributed by atoms with Crippen LogP contribution in [-0.4, -0.2) is 23.5 Å². The van der Waals surface area contributed by atoms with Gasteiger partial charge in [-0.2, -0.15) is 0 Å². The minimum Gasteiger partial charge on any atom is -0.344 e. The highest BCUT2D eigenvalue weighted by Crippen LogP contribution is 2.07. The summed E-state index contributed by atoms with van der Waals surface area (Å²) in [5.74, 6) is 2.27. The lowest BCUT2D eigenvalue weighted by atomic mass is 10.3. The molecular weight excluding hydrogens is 222 g/mol. The number of amides is 1. The zero-order valence-corrected chi connectivity index (χ0v) is 10.2. The van der Waals surface area contributed by atoms with E-state index in [0.717, 1.165) is 10.7 Å². The highest BCUT2D eigenvalue weighted by molar-refractivity contribution is 7.09. The summed E-state index contributed by atoms with van der Waals surface area (Å²) in [6, 6.07) is -0.268. The van der Waals surface area contributed by atoms with Gasteiger partial charge in [-0.25, -0.2) is 4.98 Å². The third-order valence-electron chi connectivity index (χ3n) is 2.01. The summed E-state index contributed by atoms with van der Waals surface area (Å²) < 4.78 is 0. The van der Waals surface area contributed by atoms with Crippen LogP contribution in [0.15, 0.2) is 5.38 Å². The summed E-state index contributed by atoms with van der Waals surface area (Å²) in [5, 5.41) is 8.71. The van der Waals surface area contributed by atoms with Crippen molar-refractivity contribution < 1.29 is 4.79 Å². The van der Waals surface area contributed by atoms with E-state index >= 15 is 0 Å². The minimum atomic E-state index is -0.268. The number of aromatic nitrogens is 1. The van der Waals surface area contributed by atoms with Gasteiger partial charge in [-0.3, -0.25) is 4.79 Å². The standard InChI is InChI=1S/C11H15N3OS/c1-4-5-12-11(15)8(2)13-6-10-7-16-9(3)14-10/h1,7-8,13H,5-6H2,2-3H3,(H,12,15). The van der Waals surface area contributed by atoms with Crippen molar-refractivity contribution in [2.24, 2.45) is 0 Å². The van der Waals surface area contributed by atoms with E-state index in [9.17, 15) is 4.79 Å². The Morgan fingerprint density at radius 2 is 2.50 bits per heavy atom. The Balaban J connectivity index is 2.32. The molecule has 0 saturated heterocycles. The molecule has 1 unspecified atom stereocenters. The predicted molar refractivity (Wildman–Crippen MR) is 65.0 cm³/mol. The van der Waals surface area contributed by atoms with Gasteiger partial charge in [0.1, 0.15) is 0 Å². The first-order valence-corrected chi connectivity index (χ1v) is 5.87. The van der Waals surface area contributed by atoms with Crippen LogP contribution in [0.5, 0.6) is 0 Å². The second-order valence-corrected chi connectivity index (χ2v) is 4.44. The molecule has 4 nitrogen and oxygen atoms in total. The van der Waals surface area contributed by atoms with E-state index in [1.165, 1.54) is 0 Å². The van der Waals surface area contributed by atoms with Crippen LogP contribution in [0, 0.1) is 19.3 Å². The Morgan fingerprint density at radius 3 is 3.06 bits per heavy atom. The van der Waals surface area contributed by atoms with Gasteiger partial charge in [-0.1, -0.05) is 5.92 Å². The first kappa shape index (κ1) is 12.7. The number of terminal acetylenes is 1. The lowest BCUT2D eigenvalue weighted by Crippen LogP contribution is -2.41. The van der Waals surface area contributed by atoms with Crippen LogP contribution >= 0.6 is 11.3 Å². The van der Waals surface area contributed by atoms with Crippen molar-refractivity contribution in [3.63, 3.8) is 0 Å². The first-order valence-electron chi connectivity index (χ1n) is 4.99. The molecule has 0 bridgehead atoms. The van der Waals surface area contributed by atoms with Crippen LogP contribution in [0.3, 0.4) is 0 Å². The number of thiazole rings is 1. The molecule has 1 heterocycles. The second kappa shape index (κ2) is 6.26. The Morgan fingerprint density at radius 1 is 1.75 bits per heavy atom. The van der Waals surface area contributed by atoms with Gasteiger partial charge < -0.3 is 10.6 Å². The molecule has 2 N–H and O–H groups in total. The SMILES string of the molecule is C#CCNC(=O)C(C)NCc1csc(C)n1. The van der Waals surface area contributed by atoms with E-state index < -0.39 is 0 Å². The zero-order valence-electron chi connectivity index (χ0n) is 9.41. The van der Waals surface area contributed by atoms with E-state index in [0.29, 0.717) is 6.54 Å². The topological polar surface area (TPSA) is 54.0 Å². The molecule has 0 aliphatic heterocycles. The van der Waals surface area contributed by atoms with Crippen LogP contribution in [0.2, 0.25) is 0 Å². The Bertz CT molecular complexity index is 394. The number of carbonyl (C=O) groups is 1. The van der Waals surface area contributed by atoms with Crippen molar-refractivity contribution >= 4 is 17.2 Å². The lowest BCUT2D eigenvalue weighted by molar-refractivity contribution is -0.122. The Hall–Kier alpha value is -1.38. The maximum atomic E-state index is 11.4. The summed E-state index contributed by atoms with van der Waals surface area (Å²) in [6.45, 7) is 4.61. The summed E-state index contributed by atoms with van der Waals surface area (Å²) in [6.07, 6.45) is 5.05. The fraction of sp³-hybridized carbons (Fsp3) is 0.455. The highest BCUT2D eigenvalue weighted by atomic mass is 32.1. The number of hydrogen-bond donors (Lipinski definition) is 2. The quantitative estimate of drug-likeness (QED) is 0.740. The van der Waals surface area contributed by atoms with Gasteiger partial charge in [-0.15, -0.1) is 17.8 Å². The molecule has 0 aliphatic carbocycles. The monoisotopic (exact) mass is 237 g/mol. The molecule has 0 saturated carbocycles. The van der Waals surface area contributed by atoms with Crippen molar-refractivity contribution in [3.05, 3.63) is 16.1 Å². The molecule has 0 spiro atoms. The van der Waals surface area contributed by atoms with Gasteiger partial charge in [0.05, 0.1) is 23.3 Å². The summed E-state index contributed by atoms with van der Waals surface area (Å²) in [5.41, 5.74) is 0.957. The Labute approximate surface area is 99.5 Å². The molecule has 1 aromatic heterocycles. The molecule has 5 heteroatoms. The van der Waals surface area contributed by atoms with Gasteiger partial charge in [-0.05, 0) is 13.8 Å². The maximum Gasteiger partial charge on any atom is 0.237 e. The third kappa shape index (κ3) is 4.01. The van der Waals surface area contributed by atoms with E-state index in [-0.39, 0.29) is 18.5 Å². The molecule has 0 fully saturated rings. The summed E-state index contributed by atoms with van der Waals surface area (Å²) in [4.78, 5) is 15.7. The fourth-order valence-corrected chi connectivity index (χ4v) is 1.74. The van der Waals surface area contributed by atoms with Gasteiger partial charge in [0.25, 0.3) is 0 Å². The Kier molecular flexibility index (Phi) is 4.96. The van der Waals surface area contributed by atoms with Crippen LogP contribution in [0.25, 0.3) is 0 Å². The van der Waals surface area contributed by atoms with E-state index in [1.807, 2.05) is 12.3 Å². The fourth-order valence-electron chi connectivity index (χ4n) is 1.13. The molecular formula is C11H15N3OS. The van der Waals surface area contributed by atoms with E-state index in [4.69, 9.17) is 6.42 Å². The van der Waals surface area contributed by atoms with Gasteiger partial charge in [0, 0.05) is 11.9 Å². The van der Waals surface area contributed by atoms with Gasteiger partial charge >= 0.3 is 0 Å². The average Bonchev–Trinajstić information content (AvgIpc) is 2.68. The van der Waals surface area contributed by atoms with Gasteiger partial charge in [0.2, 0.25) is 5.91 Å². The molecule has 16 heavy (non-hydrogen) atoms. The summed E-state index contributed by atoms with van der Waals surface area (Å²) in [7, 11) is 0. The van der Waals surface area contributed by atoms with Crippen LogP contribution < -0.4 is 10.6 Å². The van der Waals surface area contributed by atoms with Crippen LogP contribution in [0.1, 0.15) is 17.6 Å². The molecule has 1 atom stereocenters. The largest absolute Gasteiger partial charge is 0.344 e. The second-order valence-electron chi connectivity index (χ2n) is 3.38. The summed E-state index contributed by atoms with van der Waals surface area (Å²) >= 11 is 1.60. The normalized spacial score (nSPS) is 11.8. The lowest BCUT2D eigenvalue weighted by Gasteiger charge is -2.11. The van der Waals surface area contributed by atoms with Crippen molar-refractivity contribution in [1.29, 1.82) is 0 Å². The van der Waals surface area contributed by atoms with E-state index in [1.54, 1.807) is 18.3 Å². The third-order valence-corrected chi connectivity index (χ3v) is 2.84. The van der Waals surface area contributed by atoms with Crippen LogP contribution in [0.4, 0.5) is 0 Å². The number of hydrogen-bond acceptors (Lipinski definition) is 4. The number of nitrogens with one attached hydrogen (secondary N) is 2. The number of nitrogens with zero attached hydrogens (tertiary/aromatic N) is 1. The minimum absolute atomic E-state index is 0.0927. The van der Waals surface area contributed by atoms with Crippen molar-refractivity contribution in [2.45, 2.75) is 26.4 Å². The van der Waals surface area contributed by atoms with Crippen molar-refractivity contribution in [3.8, 4) is 12.3 Å². The number of carbonyl (C=O) groups excluding carboxylic acids is 1. The maximum absolute atomic E-state index is 11.4. The van der Waals surface area contributed by atoms with Crippen LogP contribution in [-0.2, 0) is 11.3 Å². The number of rotatable bonds is 5. The molecule has 1 amide bonds. The van der Waals surface area contributed by atoms with E-state index in [2.05, 4.69) is 21.5 Å². The molecule has 86 valence electrons. The molecule has 0 aromatic carbocycles. The van der Waals surface area contributed by atoms with Crippen molar-refractivity contribution in [2.75, 3.05) is 6.54 Å². The van der Waals surface area contributed by atoms with Crippen molar-refractivity contribution in [1.82, 2.24) is 15.6 Å².